The van der Waals surface area contributed by atoms with Gasteiger partial charge in [-0.15, -0.1) is 0 Å². The lowest BCUT2D eigenvalue weighted by atomic mass is 10.2. The van der Waals surface area contributed by atoms with Gasteiger partial charge in [-0.2, -0.15) is 10.2 Å². The zero-order chi connectivity index (χ0) is 13.8. The number of rotatable bonds is 4. The SMILES string of the molecule is Cc1c(N)nc(C(C)C)nc1NCc1cccnn1. The highest BCUT2D eigenvalue weighted by Gasteiger charge is 2.11. The van der Waals surface area contributed by atoms with E-state index < -0.39 is 0 Å². The number of nitrogen functional groups attached to an aromatic ring is 1. The molecule has 0 atom stereocenters. The second-order valence-electron chi connectivity index (χ2n) is 4.66. The van der Waals surface area contributed by atoms with Crippen LogP contribution in [0.25, 0.3) is 0 Å². The summed E-state index contributed by atoms with van der Waals surface area (Å²) in [5.41, 5.74) is 7.62. The summed E-state index contributed by atoms with van der Waals surface area (Å²) in [5.74, 6) is 2.24. The van der Waals surface area contributed by atoms with Crippen molar-refractivity contribution in [1.82, 2.24) is 20.2 Å². The molecule has 0 amide bonds. The maximum absolute atomic E-state index is 5.91. The van der Waals surface area contributed by atoms with Crippen molar-refractivity contribution in [2.75, 3.05) is 11.1 Å². The molecule has 0 aliphatic rings. The molecule has 0 bridgehead atoms. The van der Waals surface area contributed by atoms with Crippen molar-refractivity contribution in [2.24, 2.45) is 0 Å². The van der Waals surface area contributed by atoms with E-state index >= 15 is 0 Å². The van der Waals surface area contributed by atoms with E-state index in [2.05, 4.69) is 25.5 Å². The predicted molar refractivity (Wildman–Crippen MR) is 74.6 cm³/mol. The van der Waals surface area contributed by atoms with Crippen LogP contribution < -0.4 is 11.1 Å². The Hall–Kier alpha value is -2.24. The quantitative estimate of drug-likeness (QED) is 0.870. The summed E-state index contributed by atoms with van der Waals surface area (Å²) in [7, 11) is 0. The van der Waals surface area contributed by atoms with Crippen molar-refractivity contribution in [3.63, 3.8) is 0 Å². The van der Waals surface area contributed by atoms with Gasteiger partial charge in [0.05, 0.1) is 12.2 Å². The summed E-state index contributed by atoms with van der Waals surface area (Å²) >= 11 is 0. The standard InChI is InChI=1S/C13H18N6/c1-8(2)12-17-11(14)9(3)13(18-12)15-7-10-5-4-6-16-19-10/h4-6,8H,7H2,1-3H3,(H3,14,15,17,18). The molecule has 0 spiro atoms. The first-order valence-electron chi connectivity index (χ1n) is 6.22. The molecule has 0 radical (unpaired) electrons. The van der Waals surface area contributed by atoms with Crippen LogP contribution in [0.5, 0.6) is 0 Å². The average molecular weight is 258 g/mol. The molecule has 0 saturated carbocycles. The van der Waals surface area contributed by atoms with Gasteiger partial charge >= 0.3 is 0 Å². The lowest BCUT2D eigenvalue weighted by Crippen LogP contribution is -2.11. The van der Waals surface area contributed by atoms with Gasteiger partial charge in [-0.3, -0.25) is 0 Å². The molecule has 2 aromatic rings. The molecule has 19 heavy (non-hydrogen) atoms. The monoisotopic (exact) mass is 258 g/mol. The van der Waals surface area contributed by atoms with Gasteiger partial charge in [0.2, 0.25) is 0 Å². The maximum Gasteiger partial charge on any atom is 0.135 e. The molecule has 2 aromatic heterocycles. The minimum atomic E-state index is 0.236. The van der Waals surface area contributed by atoms with Crippen LogP contribution in [0.1, 0.15) is 36.8 Å². The van der Waals surface area contributed by atoms with Crippen LogP contribution >= 0.6 is 0 Å². The molecule has 0 aliphatic heterocycles. The lowest BCUT2D eigenvalue weighted by Gasteiger charge is -2.13. The second-order valence-corrected chi connectivity index (χ2v) is 4.66. The number of aromatic nitrogens is 4. The normalized spacial score (nSPS) is 10.7. The molecule has 100 valence electrons. The number of hydrogen-bond donors (Lipinski definition) is 2. The molecule has 0 aliphatic carbocycles. The van der Waals surface area contributed by atoms with Gasteiger partial charge in [-0.25, -0.2) is 9.97 Å². The van der Waals surface area contributed by atoms with Crippen molar-refractivity contribution in [1.29, 1.82) is 0 Å². The highest BCUT2D eigenvalue weighted by molar-refractivity contribution is 5.55. The number of anilines is 2. The van der Waals surface area contributed by atoms with E-state index in [1.807, 2.05) is 32.9 Å². The largest absolute Gasteiger partial charge is 0.383 e. The number of nitrogens with two attached hydrogens (primary N) is 1. The fourth-order valence-corrected chi connectivity index (χ4v) is 1.58. The Bertz CT molecular complexity index is 553. The summed E-state index contributed by atoms with van der Waals surface area (Å²) in [6, 6.07) is 3.76. The van der Waals surface area contributed by atoms with Crippen LogP contribution in [0.2, 0.25) is 0 Å². The summed E-state index contributed by atoms with van der Waals surface area (Å²) in [5, 5.41) is 11.1. The van der Waals surface area contributed by atoms with Crippen molar-refractivity contribution in [2.45, 2.75) is 33.2 Å². The van der Waals surface area contributed by atoms with Crippen LogP contribution in [0, 0.1) is 6.92 Å². The average Bonchev–Trinajstić information content (AvgIpc) is 2.41. The molecular formula is C13H18N6. The number of hydrogen-bond acceptors (Lipinski definition) is 6. The third-order valence-electron chi connectivity index (χ3n) is 2.78. The summed E-state index contributed by atoms with van der Waals surface area (Å²) in [6.07, 6.45) is 1.65. The molecule has 3 N–H and O–H groups in total. The third kappa shape index (κ3) is 3.15. The molecule has 2 rings (SSSR count). The Labute approximate surface area is 112 Å². The second kappa shape index (κ2) is 5.60. The molecule has 6 nitrogen and oxygen atoms in total. The van der Waals surface area contributed by atoms with E-state index in [0.29, 0.717) is 12.4 Å². The fraction of sp³-hybridized carbons (Fsp3) is 0.385. The number of nitrogens with one attached hydrogen (secondary N) is 1. The van der Waals surface area contributed by atoms with Crippen molar-refractivity contribution in [3.05, 3.63) is 35.4 Å². The Balaban J connectivity index is 2.20. The molecule has 0 unspecified atom stereocenters. The van der Waals surface area contributed by atoms with Gasteiger partial charge in [0.25, 0.3) is 0 Å². The third-order valence-corrected chi connectivity index (χ3v) is 2.78. The smallest absolute Gasteiger partial charge is 0.135 e. The highest BCUT2D eigenvalue weighted by Crippen LogP contribution is 2.21. The van der Waals surface area contributed by atoms with E-state index in [0.717, 1.165) is 22.9 Å². The van der Waals surface area contributed by atoms with Crippen molar-refractivity contribution in [3.8, 4) is 0 Å². The van der Waals surface area contributed by atoms with E-state index in [9.17, 15) is 0 Å². The first kappa shape index (κ1) is 13.2. The van der Waals surface area contributed by atoms with Crippen LogP contribution in [-0.2, 0) is 6.54 Å². The van der Waals surface area contributed by atoms with Crippen molar-refractivity contribution < 1.29 is 0 Å². The molecule has 0 aromatic carbocycles. The van der Waals surface area contributed by atoms with E-state index in [4.69, 9.17) is 5.73 Å². The summed E-state index contributed by atoms with van der Waals surface area (Å²) < 4.78 is 0. The van der Waals surface area contributed by atoms with Crippen molar-refractivity contribution >= 4 is 11.6 Å². The Morgan fingerprint density at radius 3 is 2.74 bits per heavy atom. The molecule has 2 heterocycles. The highest BCUT2D eigenvalue weighted by atomic mass is 15.1. The summed E-state index contributed by atoms with van der Waals surface area (Å²) in [6.45, 7) is 6.54. The maximum atomic E-state index is 5.91. The predicted octanol–water partition coefficient (Wildman–Crippen LogP) is 1.89. The first-order chi connectivity index (χ1) is 9.08. The summed E-state index contributed by atoms with van der Waals surface area (Å²) in [4.78, 5) is 8.78. The molecular weight excluding hydrogens is 240 g/mol. The Morgan fingerprint density at radius 1 is 1.32 bits per heavy atom. The van der Waals surface area contributed by atoms with Gasteiger partial charge in [0, 0.05) is 17.7 Å². The van der Waals surface area contributed by atoms with Gasteiger partial charge in [0.15, 0.2) is 0 Å². The topological polar surface area (TPSA) is 89.6 Å². The van der Waals surface area contributed by atoms with Crippen LogP contribution in [0.4, 0.5) is 11.6 Å². The Kier molecular flexibility index (Phi) is 3.89. The van der Waals surface area contributed by atoms with Gasteiger partial charge in [0.1, 0.15) is 17.5 Å². The number of nitrogens with zero attached hydrogens (tertiary/aromatic N) is 4. The van der Waals surface area contributed by atoms with E-state index in [-0.39, 0.29) is 5.92 Å². The fourth-order valence-electron chi connectivity index (χ4n) is 1.58. The Morgan fingerprint density at radius 2 is 2.11 bits per heavy atom. The molecule has 0 fully saturated rings. The van der Waals surface area contributed by atoms with E-state index in [1.165, 1.54) is 0 Å². The molecule has 6 heteroatoms. The van der Waals surface area contributed by atoms with Gasteiger partial charge in [-0.1, -0.05) is 13.8 Å². The molecule has 0 saturated heterocycles. The van der Waals surface area contributed by atoms with Gasteiger partial charge in [-0.05, 0) is 19.1 Å². The van der Waals surface area contributed by atoms with Gasteiger partial charge < -0.3 is 11.1 Å². The first-order valence-corrected chi connectivity index (χ1v) is 6.22. The minimum Gasteiger partial charge on any atom is -0.383 e. The zero-order valence-electron chi connectivity index (χ0n) is 11.4. The van der Waals surface area contributed by atoms with Crippen LogP contribution in [0.3, 0.4) is 0 Å². The zero-order valence-corrected chi connectivity index (χ0v) is 11.4. The van der Waals surface area contributed by atoms with E-state index in [1.54, 1.807) is 6.20 Å². The lowest BCUT2D eigenvalue weighted by molar-refractivity contribution is 0.773. The minimum absolute atomic E-state index is 0.236. The van der Waals surface area contributed by atoms with Crippen LogP contribution in [-0.4, -0.2) is 20.2 Å². The van der Waals surface area contributed by atoms with Crippen LogP contribution in [0.15, 0.2) is 18.3 Å².